The normalized spacial score (nSPS) is 18.6. The van der Waals surface area contributed by atoms with E-state index in [-0.39, 0.29) is 11.9 Å². The Morgan fingerprint density at radius 2 is 2.31 bits per heavy atom. The Hall–Kier alpha value is -1.42. The summed E-state index contributed by atoms with van der Waals surface area (Å²) in [5, 5.41) is 3.11. The van der Waals surface area contributed by atoms with Crippen molar-refractivity contribution in [3.8, 4) is 0 Å². The zero-order chi connectivity index (χ0) is 11.5. The van der Waals surface area contributed by atoms with Crippen LogP contribution in [-0.2, 0) is 9.53 Å². The van der Waals surface area contributed by atoms with E-state index in [0.29, 0.717) is 18.0 Å². The molecule has 1 aromatic rings. The molecule has 84 valence electrons. The third kappa shape index (κ3) is 2.07. The second-order valence-electron chi connectivity index (χ2n) is 3.64. The molecule has 1 aliphatic heterocycles. The number of carbonyl (C=O) groups excluding carboxylic acids is 1. The van der Waals surface area contributed by atoms with Crippen molar-refractivity contribution in [3.05, 3.63) is 29.8 Å². The molecule has 0 fully saturated rings. The van der Waals surface area contributed by atoms with Crippen molar-refractivity contribution in [1.29, 1.82) is 0 Å². The lowest BCUT2D eigenvalue weighted by Crippen LogP contribution is -2.27. The average molecular weight is 235 g/mol. The maximum Gasteiger partial charge on any atom is 0.313 e. The molecular formula is C12H13NO2S. The molecule has 16 heavy (non-hydrogen) atoms. The first-order valence-corrected chi connectivity index (χ1v) is 5.68. The Labute approximate surface area is 99.8 Å². The molecule has 4 heteroatoms. The van der Waals surface area contributed by atoms with Crippen molar-refractivity contribution in [2.45, 2.75) is 19.3 Å². The van der Waals surface area contributed by atoms with Crippen LogP contribution in [0.2, 0.25) is 0 Å². The van der Waals surface area contributed by atoms with Gasteiger partial charge in [-0.3, -0.25) is 4.79 Å². The molecule has 1 heterocycles. The summed E-state index contributed by atoms with van der Waals surface area (Å²) < 4.78 is 5.06. The first-order valence-electron chi connectivity index (χ1n) is 5.27. The topological polar surface area (TPSA) is 38.3 Å². The molecule has 1 atom stereocenters. The Kier molecular flexibility index (Phi) is 3.19. The number of esters is 1. The lowest BCUT2D eigenvalue weighted by molar-refractivity contribution is -0.144. The maximum absolute atomic E-state index is 11.8. The number of ether oxygens (including phenoxy) is 1. The number of thiocarbonyl (C=S) groups is 1. The second-order valence-corrected chi connectivity index (χ2v) is 4.14. The molecule has 0 spiro atoms. The predicted molar refractivity (Wildman–Crippen MR) is 66.7 cm³/mol. The van der Waals surface area contributed by atoms with Crippen LogP contribution in [0.1, 0.15) is 24.8 Å². The van der Waals surface area contributed by atoms with E-state index in [1.165, 1.54) is 0 Å². The first kappa shape index (κ1) is 11.1. The standard InChI is InChI=1S/C12H13NO2S/c1-2-15-12(14)9-7-11(16)13-10-6-4-3-5-8(9)10/h3-6,9H,2,7H2,1H3,(H,13,16)/t9-/m0/s1. The number of rotatable bonds is 2. The largest absolute Gasteiger partial charge is 0.466 e. The molecule has 1 aromatic carbocycles. The van der Waals surface area contributed by atoms with Crippen LogP contribution >= 0.6 is 12.2 Å². The fraction of sp³-hybridized carbons (Fsp3) is 0.333. The zero-order valence-corrected chi connectivity index (χ0v) is 9.84. The number of hydrogen-bond acceptors (Lipinski definition) is 3. The molecule has 0 saturated heterocycles. The fourth-order valence-corrected chi connectivity index (χ4v) is 2.14. The quantitative estimate of drug-likeness (QED) is 0.631. The molecule has 0 unspecified atom stereocenters. The van der Waals surface area contributed by atoms with Crippen molar-refractivity contribution in [2.24, 2.45) is 0 Å². The molecule has 0 aliphatic carbocycles. The van der Waals surface area contributed by atoms with Gasteiger partial charge in [-0.1, -0.05) is 30.4 Å². The van der Waals surface area contributed by atoms with Gasteiger partial charge in [0, 0.05) is 12.1 Å². The molecule has 0 bridgehead atoms. The minimum Gasteiger partial charge on any atom is -0.466 e. The van der Waals surface area contributed by atoms with Crippen molar-refractivity contribution in [2.75, 3.05) is 11.9 Å². The molecule has 0 radical (unpaired) electrons. The summed E-state index contributed by atoms with van der Waals surface area (Å²) in [5.74, 6) is -0.455. The summed E-state index contributed by atoms with van der Waals surface area (Å²) >= 11 is 5.14. The first-order chi connectivity index (χ1) is 7.72. The SMILES string of the molecule is CCOC(=O)[C@H]1CC(=S)Nc2ccccc21. The highest BCUT2D eigenvalue weighted by Crippen LogP contribution is 2.33. The van der Waals surface area contributed by atoms with E-state index < -0.39 is 0 Å². The van der Waals surface area contributed by atoms with E-state index in [0.717, 1.165) is 11.3 Å². The van der Waals surface area contributed by atoms with Crippen molar-refractivity contribution in [3.63, 3.8) is 0 Å². The molecule has 1 N–H and O–H groups in total. The summed E-state index contributed by atoms with van der Waals surface area (Å²) in [5.41, 5.74) is 1.88. The number of fused-ring (bicyclic) bond motifs is 1. The van der Waals surface area contributed by atoms with E-state index in [9.17, 15) is 4.79 Å². The highest BCUT2D eigenvalue weighted by Gasteiger charge is 2.29. The van der Waals surface area contributed by atoms with Gasteiger partial charge in [0.15, 0.2) is 0 Å². The molecule has 0 aromatic heterocycles. The van der Waals surface area contributed by atoms with Crippen molar-refractivity contribution < 1.29 is 9.53 Å². The molecule has 0 amide bonds. The number of benzene rings is 1. The van der Waals surface area contributed by atoms with E-state index in [4.69, 9.17) is 17.0 Å². The van der Waals surface area contributed by atoms with Crippen LogP contribution in [0, 0.1) is 0 Å². The smallest absolute Gasteiger partial charge is 0.313 e. The number of carbonyl (C=O) groups is 1. The van der Waals surface area contributed by atoms with Gasteiger partial charge in [0.1, 0.15) is 0 Å². The second kappa shape index (κ2) is 4.61. The van der Waals surface area contributed by atoms with Crippen LogP contribution in [0.25, 0.3) is 0 Å². The number of hydrogen-bond donors (Lipinski definition) is 1. The molecule has 3 nitrogen and oxygen atoms in total. The van der Waals surface area contributed by atoms with E-state index >= 15 is 0 Å². The summed E-state index contributed by atoms with van der Waals surface area (Å²) in [6.07, 6.45) is 0.533. The van der Waals surface area contributed by atoms with Gasteiger partial charge in [0.2, 0.25) is 0 Å². The van der Waals surface area contributed by atoms with Crippen molar-refractivity contribution in [1.82, 2.24) is 0 Å². The molecule has 1 aliphatic rings. The Morgan fingerprint density at radius 3 is 3.06 bits per heavy atom. The Morgan fingerprint density at radius 1 is 1.56 bits per heavy atom. The van der Waals surface area contributed by atoms with Crippen LogP contribution in [0.5, 0.6) is 0 Å². The fourth-order valence-electron chi connectivity index (χ4n) is 1.86. The minimum absolute atomic E-state index is 0.196. The van der Waals surface area contributed by atoms with Crippen LogP contribution in [0.3, 0.4) is 0 Å². The summed E-state index contributed by atoms with van der Waals surface area (Å²) in [6, 6.07) is 7.70. The van der Waals surface area contributed by atoms with Gasteiger partial charge in [0.05, 0.1) is 17.5 Å². The van der Waals surface area contributed by atoms with E-state index in [1.54, 1.807) is 0 Å². The monoisotopic (exact) mass is 235 g/mol. The summed E-state index contributed by atoms with van der Waals surface area (Å²) in [4.78, 5) is 12.5. The van der Waals surface area contributed by atoms with Gasteiger partial charge in [-0.05, 0) is 18.6 Å². The third-order valence-electron chi connectivity index (χ3n) is 2.57. The number of anilines is 1. The lowest BCUT2D eigenvalue weighted by Gasteiger charge is -2.25. The molecule has 2 rings (SSSR count). The highest BCUT2D eigenvalue weighted by molar-refractivity contribution is 7.80. The average Bonchev–Trinajstić information content (AvgIpc) is 2.28. The zero-order valence-electron chi connectivity index (χ0n) is 9.03. The van der Waals surface area contributed by atoms with Gasteiger partial charge in [-0.25, -0.2) is 0 Å². The van der Waals surface area contributed by atoms with E-state index in [2.05, 4.69) is 5.32 Å². The van der Waals surface area contributed by atoms with Gasteiger partial charge in [0.25, 0.3) is 0 Å². The lowest BCUT2D eigenvalue weighted by atomic mass is 9.91. The Bertz CT molecular complexity index is 431. The Balaban J connectivity index is 2.33. The van der Waals surface area contributed by atoms with Crippen LogP contribution in [0.4, 0.5) is 5.69 Å². The van der Waals surface area contributed by atoms with Gasteiger partial charge >= 0.3 is 5.97 Å². The summed E-state index contributed by atoms with van der Waals surface area (Å²) in [6.45, 7) is 2.21. The van der Waals surface area contributed by atoms with Crippen LogP contribution in [-0.4, -0.2) is 17.6 Å². The van der Waals surface area contributed by atoms with Crippen LogP contribution in [0.15, 0.2) is 24.3 Å². The minimum atomic E-state index is -0.259. The van der Waals surface area contributed by atoms with Gasteiger partial charge in [-0.2, -0.15) is 0 Å². The summed E-state index contributed by atoms with van der Waals surface area (Å²) in [7, 11) is 0. The van der Waals surface area contributed by atoms with Gasteiger partial charge < -0.3 is 10.1 Å². The molecular weight excluding hydrogens is 222 g/mol. The number of nitrogens with one attached hydrogen (secondary N) is 1. The third-order valence-corrected chi connectivity index (χ3v) is 2.84. The highest BCUT2D eigenvalue weighted by atomic mass is 32.1. The maximum atomic E-state index is 11.8. The molecule has 0 saturated carbocycles. The van der Waals surface area contributed by atoms with E-state index in [1.807, 2.05) is 31.2 Å². The van der Waals surface area contributed by atoms with Crippen molar-refractivity contribution >= 4 is 28.9 Å². The predicted octanol–water partition coefficient (Wildman–Crippen LogP) is 2.48. The van der Waals surface area contributed by atoms with Crippen LogP contribution < -0.4 is 5.32 Å². The number of para-hydroxylation sites is 1. The van der Waals surface area contributed by atoms with Gasteiger partial charge in [-0.15, -0.1) is 0 Å².